The molecule has 0 radical (unpaired) electrons. The maximum atomic E-state index is 5.84. The van der Waals surface area contributed by atoms with E-state index in [1.165, 1.54) is 44.1 Å². The molecule has 0 heterocycles. The van der Waals surface area contributed by atoms with Crippen LogP contribution in [0.25, 0.3) is 0 Å². The van der Waals surface area contributed by atoms with Crippen LogP contribution in [0.1, 0.15) is 84.6 Å². The lowest BCUT2D eigenvalue weighted by Crippen LogP contribution is -2.18. The summed E-state index contributed by atoms with van der Waals surface area (Å²) >= 11 is 2.07. The summed E-state index contributed by atoms with van der Waals surface area (Å²) in [5, 5.41) is 0.858. The van der Waals surface area contributed by atoms with Gasteiger partial charge >= 0.3 is 0 Å². The molecule has 2 nitrogen and oxygen atoms in total. The Bertz CT molecular complexity index is 426. The van der Waals surface area contributed by atoms with E-state index in [2.05, 4.69) is 49.9 Å². The molecular weight excluding hydrogens is 328 g/mol. The molecule has 1 aliphatic carbocycles. The van der Waals surface area contributed by atoms with Crippen LogP contribution in [0.2, 0.25) is 0 Å². The van der Waals surface area contributed by atoms with Crippen molar-refractivity contribution in [1.82, 2.24) is 0 Å². The first-order chi connectivity index (χ1) is 12.2. The molecule has 2 rings (SSSR count). The van der Waals surface area contributed by atoms with Crippen LogP contribution in [0.15, 0.2) is 24.3 Å². The van der Waals surface area contributed by atoms with Crippen molar-refractivity contribution in [2.24, 2.45) is 0 Å². The zero-order valence-electron chi connectivity index (χ0n) is 16.9. The van der Waals surface area contributed by atoms with Gasteiger partial charge in [0.15, 0.2) is 6.29 Å². The number of hydrogen-bond donors (Lipinski definition) is 0. The molecule has 1 aliphatic rings. The molecule has 25 heavy (non-hydrogen) atoms. The van der Waals surface area contributed by atoms with Gasteiger partial charge in [0.05, 0.1) is 6.61 Å². The van der Waals surface area contributed by atoms with Crippen molar-refractivity contribution in [3.8, 4) is 5.75 Å². The zero-order chi connectivity index (χ0) is 18.5. The normalized spacial score (nSPS) is 17.3. The van der Waals surface area contributed by atoms with Crippen LogP contribution >= 0.6 is 11.8 Å². The Morgan fingerprint density at radius 2 is 1.68 bits per heavy atom. The molecule has 0 aliphatic heterocycles. The van der Waals surface area contributed by atoms with E-state index >= 15 is 0 Å². The van der Waals surface area contributed by atoms with Gasteiger partial charge in [0.1, 0.15) is 5.75 Å². The molecule has 0 spiro atoms. The van der Waals surface area contributed by atoms with Crippen molar-refractivity contribution in [3.63, 3.8) is 0 Å². The standard InChI is InChI=1S/C20H32O2S.C2H6/c1-4-16(2)18-10-12-19(13-11-18)22-17(3)21-14-15-23-20-8-6-5-7-9-20;1-2/h10-13,16-17,20H,4-9,14-15H2,1-3H3;1-2H3. The predicted octanol–water partition coefficient (Wildman–Crippen LogP) is 7.03. The van der Waals surface area contributed by atoms with Gasteiger partial charge in [0.25, 0.3) is 0 Å². The summed E-state index contributed by atoms with van der Waals surface area (Å²) in [7, 11) is 0. The minimum absolute atomic E-state index is 0.184. The second-order valence-electron chi connectivity index (χ2n) is 6.57. The lowest BCUT2D eigenvalue weighted by molar-refractivity contribution is -0.0602. The summed E-state index contributed by atoms with van der Waals surface area (Å²) in [6.45, 7) is 11.2. The fourth-order valence-corrected chi connectivity index (χ4v) is 4.19. The number of thioether (sulfide) groups is 1. The topological polar surface area (TPSA) is 18.5 Å². The molecule has 144 valence electrons. The van der Waals surface area contributed by atoms with Crippen LogP contribution in [0.4, 0.5) is 0 Å². The summed E-state index contributed by atoms with van der Waals surface area (Å²) in [5.74, 6) is 2.57. The second-order valence-corrected chi connectivity index (χ2v) is 7.97. The highest BCUT2D eigenvalue weighted by molar-refractivity contribution is 7.99. The van der Waals surface area contributed by atoms with Crippen molar-refractivity contribution < 1.29 is 9.47 Å². The minimum Gasteiger partial charge on any atom is -0.465 e. The summed E-state index contributed by atoms with van der Waals surface area (Å²) in [4.78, 5) is 0. The smallest absolute Gasteiger partial charge is 0.197 e. The van der Waals surface area contributed by atoms with Crippen LogP contribution in [0.3, 0.4) is 0 Å². The molecule has 2 atom stereocenters. The first kappa shape index (κ1) is 22.4. The minimum atomic E-state index is -0.184. The lowest BCUT2D eigenvalue weighted by atomic mass is 9.99. The average Bonchev–Trinajstić information content (AvgIpc) is 2.67. The summed E-state index contributed by atoms with van der Waals surface area (Å²) < 4.78 is 11.6. The van der Waals surface area contributed by atoms with E-state index in [1.807, 2.05) is 20.8 Å². The quantitative estimate of drug-likeness (QED) is 0.345. The number of hydrogen-bond acceptors (Lipinski definition) is 3. The highest BCUT2D eigenvalue weighted by atomic mass is 32.2. The van der Waals surface area contributed by atoms with E-state index < -0.39 is 0 Å². The monoisotopic (exact) mass is 366 g/mol. The van der Waals surface area contributed by atoms with Crippen molar-refractivity contribution >= 4 is 11.8 Å². The number of rotatable bonds is 9. The van der Waals surface area contributed by atoms with Crippen LogP contribution in [-0.2, 0) is 4.74 Å². The van der Waals surface area contributed by atoms with Gasteiger partial charge in [-0.05, 0) is 49.8 Å². The van der Waals surface area contributed by atoms with Gasteiger partial charge in [0.2, 0.25) is 0 Å². The Morgan fingerprint density at radius 1 is 1.04 bits per heavy atom. The van der Waals surface area contributed by atoms with Crippen molar-refractivity contribution in [2.75, 3.05) is 12.4 Å². The zero-order valence-corrected chi connectivity index (χ0v) is 17.7. The van der Waals surface area contributed by atoms with E-state index in [1.54, 1.807) is 0 Å². The molecule has 1 aromatic carbocycles. The maximum absolute atomic E-state index is 5.84. The van der Waals surface area contributed by atoms with Gasteiger partial charge in [-0.2, -0.15) is 11.8 Å². The third-order valence-electron chi connectivity index (χ3n) is 4.71. The Labute approximate surface area is 160 Å². The van der Waals surface area contributed by atoms with Crippen molar-refractivity contribution in [3.05, 3.63) is 29.8 Å². The van der Waals surface area contributed by atoms with Crippen molar-refractivity contribution in [2.45, 2.75) is 90.6 Å². The largest absolute Gasteiger partial charge is 0.465 e. The van der Waals surface area contributed by atoms with E-state index in [4.69, 9.17) is 9.47 Å². The van der Waals surface area contributed by atoms with Crippen LogP contribution in [0, 0.1) is 0 Å². The molecule has 0 N–H and O–H groups in total. The molecule has 1 fully saturated rings. The Morgan fingerprint density at radius 3 is 2.28 bits per heavy atom. The molecule has 3 heteroatoms. The van der Waals surface area contributed by atoms with Gasteiger partial charge in [-0.15, -0.1) is 0 Å². The van der Waals surface area contributed by atoms with E-state index in [-0.39, 0.29) is 6.29 Å². The third kappa shape index (κ3) is 9.01. The molecule has 1 saturated carbocycles. The highest BCUT2D eigenvalue weighted by Gasteiger charge is 2.13. The molecular formula is C22H38O2S. The van der Waals surface area contributed by atoms with Crippen LogP contribution < -0.4 is 4.74 Å². The van der Waals surface area contributed by atoms with Crippen molar-refractivity contribution in [1.29, 1.82) is 0 Å². The second kappa shape index (κ2) is 13.5. The van der Waals surface area contributed by atoms with E-state index in [9.17, 15) is 0 Å². The van der Waals surface area contributed by atoms with Gasteiger partial charge in [-0.1, -0.05) is 59.1 Å². The summed E-state index contributed by atoms with van der Waals surface area (Å²) in [5.41, 5.74) is 1.37. The first-order valence-electron chi connectivity index (χ1n) is 10.2. The van der Waals surface area contributed by atoms with E-state index in [0.29, 0.717) is 5.92 Å². The Kier molecular flexibility index (Phi) is 12.1. The lowest BCUT2D eigenvalue weighted by Gasteiger charge is -2.21. The highest BCUT2D eigenvalue weighted by Crippen LogP contribution is 2.28. The Hall–Kier alpha value is -0.670. The molecule has 0 bridgehead atoms. The fraction of sp³-hybridized carbons (Fsp3) is 0.727. The fourth-order valence-electron chi connectivity index (χ4n) is 3.00. The number of ether oxygens (including phenoxy) is 2. The SMILES string of the molecule is CC.CCC(C)c1ccc(OC(C)OCCSC2CCCCC2)cc1. The van der Waals surface area contributed by atoms with Crippen LogP contribution in [-0.4, -0.2) is 23.9 Å². The van der Waals surface area contributed by atoms with Gasteiger partial charge in [-0.3, -0.25) is 0 Å². The third-order valence-corrected chi connectivity index (χ3v) is 6.05. The average molecular weight is 367 g/mol. The molecule has 0 amide bonds. The predicted molar refractivity (Wildman–Crippen MR) is 112 cm³/mol. The van der Waals surface area contributed by atoms with Gasteiger partial charge in [0, 0.05) is 11.0 Å². The molecule has 2 unspecified atom stereocenters. The Balaban J connectivity index is 0.00000151. The molecule has 0 aromatic heterocycles. The maximum Gasteiger partial charge on any atom is 0.197 e. The van der Waals surface area contributed by atoms with E-state index in [0.717, 1.165) is 23.4 Å². The van der Waals surface area contributed by atoms with Crippen LogP contribution in [0.5, 0.6) is 5.75 Å². The summed E-state index contributed by atoms with van der Waals surface area (Å²) in [6.07, 6.45) is 8.00. The first-order valence-corrected chi connectivity index (χ1v) is 11.2. The molecule has 1 aromatic rings. The molecule has 0 saturated heterocycles. The van der Waals surface area contributed by atoms with Gasteiger partial charge in [-0.25, -0.2) is 0 Å². The number of benzene rings is 1. The summed E-state index contributed by atoms with van der Waals surface area (Å²) in [6, 6.07) is 8.43. The van der Waals surface area contributed by atoms with Gasteiger partial charge < -0.3 is 9.47 Å².